The first-order chi connectivity index (χ1) is 8.04. The van der Waals surface area contributed by atoms with Gasteiger partial charge in [0.15, 0.2) is 0 Å². The van der Waals surface area contributed by atoms with Gasteiger partial charge in [0.1, 0.15) is 11.4 Å². The standard InChI is InChI=1S/C12H13FN2O2/c1-4-5-15-12(2,11(16)17-3)9-6-10(13)8-14-7-9/h1,6-8,15H,5H2,2-3H3. The van der Waals surface area contributed by atoms with Gasteiger partial charge in [0, 0.05) is 11.8 Å². The van der Waals surface area contributed by atoms with Gasteiger partial charge in [-0.3, -0.25) is 10.3 Å². The minimum atomic E-state index is -1.21. The lowest BCUT2D eigenvalue weighted by atomic mass is 9.93. The van der Waals surface area contributed by atoms with Crippen LogP contribution in [0, 0.1) is 18.2 Å². The minimum Gasteiger partial charge on any atom is -0.467 e. The molecular weight excluding hydrogens is 223 g/mol. The molecule has 0 aliphatic rings. The second kappa shape index (κ2) is 5.41. The lowest BCUT2D eigenvalue weighted by Crippen LogP contribution is -2.47. The first-order valence-corrected chi connectivity index (χ1v) is 4.92. The van der Waals surface area contributed by atoms with E-state index in [1.807, 2.05) is 0 Å². The number of nitrogens with one attached hydrogen (secondary N) is 1. The molecule has 0 saturated heterocycles. The first-order valence-electron chi connectivity index (χ1n) is 4.92. The largest absolute Gasteiger partial charge is 0.467 e. The fraction of sp³-hybridized carbons (Fsp3) is 0.333. The maximum absolute atomic E-state index is 13.1. The van der Waals surface area contributed by atoms with Crippen LogP contribution in [0.5, 0.6) is 0 Å². The normalized spacial score (nSPS) is 13.5. The highest BCUT2D eigenvalue weighted by atomic mass is 19.1. The topological polar surface area (TPSA) is 51.2 Å². The van der Waals surface area contributed by atoms with E-state index in [1.54, 1.807) is 6.92 Å². The van der Waals surface area contributed by atoms with Gasteiger partial charge in [0.2, 0.25) is 0 Å². The van der Waals surface area contributed by atoms with Crippen molar-refractivity contribution >= 4 is 5.97 Å². The quantitative estimate of drug-likeness (QED) is 0.621. The molecule has 0 saturated carbocycles. The zero-order valence-electron chi connectivity index (χ0n) is 9.66. The monoisotopic (exact) mass is 236 g/mol. The third kappa shape index (κ3) is 2.80. The SMILES string of the molecule is C#CCNC(C)(C(=O)OC)c1cncc(F)c1. The van der Waals surface area contributed by atoms with Crippen LogP contribution in [0.15, 0.2) is 18.5 Å². The third-order valence-electron chi connectivity index (χ3n) is 2.42. The maximum atomic E-state index is 13.1. The molecule has 1 aromatic heterocycles. The van der Waals surface area contributed by atoms with Crippen LogP contribution in [0.4, 0.5) is 4.39 Å². The Labute approximate surface area is 99.2 Å². The fourth-order valence-electron chi connectivity index (χ4n) is 1.41. The summed E-state index contributed by atoms with van der Waals surface area (Å²) in [5.74, 6) is 1.27. The number of hydrogen-bond acceptors (Lipinski definition) is 4. The number of hydrogen-bond donors (Lipinski definition) is 1. The molecule has 1 rings (SSSR count). The van der Waals surface area contributed by atoms with Crippen LogP contribution in [0.3, 0.4) is 0 Å². The Hall–Kier alpha value is -1.93. The first kappa shape index (κ1) is 13.1. The van der Waals surface area contributed by atoms with Crippen LogP contribution < -0.4 is 5.32 Å². The second-order valence-electron chi connectivity index (χ2n) is 3.57. The molecule has 0 bridgehead atoms. The molecule has 1 heterocycles. The van der Waals surface area contributed by atoms with Gasteiger partial charge in [0.05, 0.1) is 19.9 Å². The number of ether oxygens (including phenoxy) is 1. The van der Waals surface area contributed by atoms with E-state index in [4.69, 9.17) is 6.42 Å². The number of nitrogens with zero attached hydrogens (tertiary/aromatic N) is 1. The van der Waals surface area contributed by atoms with Crippen molar-refractivity contribution < 1.29 is 13.9 Å². The van der Waals surface area contributed by atoms with Crippen LogP contribution in [0.25, 0.3) is 0 Å². The van der Waals surface area contributed by atoms with Crippen LogP contribution in [0.1, 0.15) is 12.5 Å². The van der Waals surface area contributed by atoms with E-state index >= 15 is 0 Å². The van der Waals surface area contributed by atoms with E-state index in [9.17, 15) is 9.18 Å². The number of carbonyl (C=O) groups excluding carboxylic acids is 1. The van der Waals surface area contributed by atoms with E-state index < -0.39 is 17.3 Å². The Bertz CT molecular complexity index is 456. The number of esters is 1. The summed E-state index contributed by atoms with van der Waals surface area (Å²) in [5.41, 5.74) is -0.851. The van der Waals surface area contributed by atoms with Crippen LogP contribution in [-0.2, 0) is 15.1 Å². The summed E-state index contributed by atoms with van der Waals surface area (Å²) < 4.78 is 17.8. The number of rotatable bonds is 4. The fourth-order valence-corrected chi connectivity index (χ4v) is 1.41. The predicted molar refractivity (Wildman–Crippen MR) is 60.4 cm³/mol. The van der Waals surface area contributed by atoms with Crippen LogP contribution in [-0.4, -0.2) is 24.6 Å². The smallest absolute Gasteiger partial charge is 0.330 e. The molecule has 17 heavy (non-hydrogen) atoms. The van der Waals surface area contributed by atoms with Crippen LogP contribution >= 0.6 is 0 Å². The molecule has 1 aromatic rings. The summed E-state index contributed by atoms with van der Waals surface area (Å²) in [4.78, 5) is 15.4. The van der Waals surface area contributed by atoms with Gasteiger partial charge in [-0.2, -0.15) is 0 Å². The van der Waals surface area contributed by atoms with Crippen molar-refractivity contribution in [3.05, 3.63) is 29.8 Å². The number of terminal acetylenes is 1. The van der Waals surface area contributed by atoms with Gasteiger partial charge in [-0.1, -0.05) is 5.92 Å². The Morgan fingerprint density at radius 3 is 2.94 bits per heavy atom. The number of carbonyl (C=O) groups is 1. The molecule has 0 aromatic carbocycles. The summed E-state index contributed by atoms with van der Waals surface area (Å²) >= 11 is 0. The molecule has 5 heteroatoms. The Morgan fingerprint density at radius 2 is 2.41 bits per heavy atom. The van der Waals surface area contributed by atoms with Crippen molar-refractivity contribution in [2.75, 3.05) is 13.7 Å². The van der Waals surface area contributed by atoms with Gasteiger partial charge in [0.25, 0.3) is 0 Å². The summed E-state index contributed by atoms with van der Waals surface area (Å²) in [5, 5.41) is 2.82. The third-order valence-corrected chi connectivity index (χ3v) is 2.42. The van der Waals surface area contributed by atoms with Gasteiger partial charge >= 0.3 is 5.97 Å². The Kier molecular flexibility index (Phi) is 4.18. The lowest BCUT2D eigenvalue weighted by Gasteiger charge is -2.27. The molecule has 0 radical (unpaired) electrons. The van der Waals surface area contributed by atoms with Crippen molar-refractivity contribution in [1.82, 2.24) is 10.3 Å². The number of aromatic nitrogens is 1. The van der Waals surface area contributed by atoms with Gasteiger partial charge in [-0.05, 0) is 13.0 Å². The summed E-state index contributed by atoms with van der Waals surface area (Å²) in [6.45, 7) is 1.72. The van der Waals surface area contributed by atoms with Crippen molar-refractivity contribution in [3.63, 3.8) is 0 Å². The van der Waals surface area contributed by atoms with Crippen molar-refractivity contribution in [3.8, 4) is 12.3 Å². The highest BCUT2D eigenvalue weighted by molar-refractivity contribution is 5.82. The molecule has 1 unspecified atom stereocenters. The zero-order valence-corrected chi connectivity index (χ0v) is 9.66. The average Bonchev–Trinajstić information content (AvgIpc) is 2.34. The van der Waals surface area contributed by atoms with E-state index in [-0.39, 0.29) is 6.54 Å². The molecule has 1 N–H and O–H groups in total. The maximum Gasteiger partial charge on any atom is 0.330 e. The molecule has 0 aliphatic carbocycles. The lowest BCUT2D eigenvalue weighted by molar-refractivity contribution is -0.148. The van der Waals surface area contributed by atoms with E-state index in [0.29, 0.717) is 5.56 Å². The van der Waals surface area contributed by atoms with Crippen LogP contribution in [0.2, 0.25) is 0 Å². The molecule has 0 aliphatic heterocycles. The van der Waals surface area contributed by atoms with E-state index in [2.05, 4.69) is 21.0 Å². The summed E-state index contributed by atoms with van der Waals surface area (Å²) in [6.07, 6.45) is 7.58. The molecule has 0 spiro atoms. The highest BCUT2D eigenvalue weighted by Gasteiger charge is 2.36. The molecule has 90 valence electrons. The zero-order chi connectivity index (χ0) is 12.9. The molecular formula is C12H13FN2O2. The molecule has 0 fully saturated rings. The average molecular weight is 236 g/mol. The predicted octanol–water partition coefficient (Wildman–Crippen LogP) is 0.832. The van der Waals surface area contributed by atoms with E-state index in [1.165, 1.54) is 19.4 Å². The summed E-state index contributed by atoms with van der Waals surface area (Å²) in [7, 11) is 1.25. The van der Waals surface area contributed by atoms with Gasteiger partial charge in [-0.25, -0.2) is 9.18 Å². The second-order valence-corrected chi connectivity index (χ2v) is 3.57. The Balaban J connectivity index is 3.14. The van der Waals surface area contributed by atoms with Crippen molar-refractivity contribution in [2.45, 2.75) is 12.5 Å². The molecule has 0 amide bonds. The minimum absolute atomic E-state index is 0.155. The molecule has 4 nitrogen and oxygen atoms in total. The number of halogens is 1. The van der Waals surface area contributed by atoms with E-state index in [0.717, 1.165) is 6.20 Å². The highest BCUT2D eigenvalue weighted by Crippen LogP contribution is 2.22. The van der Waals surface area contributed by atoms with Gasteiger partial charge in [-0.15, -0.1) is 6.42 Å². The summed E-state index contributed by atoms with van der Waals surface area (Å²) in [6, 6.07) is 1.22. The molecule has 1 atom stereocenters. The van der Waals surface area contributed by atoms with Crippen molar-refractivity contribution in [1.29, 1.82) is 0 Å². The number of methoxy groups -OCH3 is 1. The number of pyridine rings is 1. The van der Waals surface area contributed by atoms with Gasteiger partial charge < -0.3 is 4.74 Å². The van der Waals surface area contributed by atoms with Crippen molar-refractivity contribution in [2.24, 2.45) is 0 Å². The Morgan fingerprint density at radius 1 is 1.71 bits per heavy atom.